The highest BCUT2D eigenvalue weighted by atomic mass is 35.5. The minimum atomic E-state index is -0.357. The van der Waals surface area contributed by atoms with Gasteiger partial charge in [-0.25, -0.2) is 0 Å². The quantitative estimate of drug-likeness (QED) is 0.188. The molecule has 0 radical (unpaired) electrons. The summed E-state index contributed by atoms with van der Waals surface area (Å²) >= 11 is 6.34. The van der Waals surface area contributed by atoms with Gasteiger partial charge in [-0.15, -0.1) is 11.6 Å². The van der Waals surface area contributed by atoms with Crippen LogP contribution in [-0.2, 0) is 0 Å². The molecule has 0 aliphatic carbocycles. The van der Waals surface area contributed by atoms with Gasteiger partial charge in [0.25, 0.3) is 11.8 Å². The van der Waals surface area contributed by atoms with Crippen LogP contribution in [0.1, 0.15) is 38.1 Å². The summed E-state index contributed by atoms with van der Waals surface area (Å²) in [4.78, 5) is 34.5. The van der Waals surface area contributed by atoms with Crippen molar-refractivity contribution in [2.45, 2.75) is 12.8 Å². The molecule has 2 amide bonds. The molecule has 4 N–H and O–H groups in total. The van der Waals surface area contributed by atoms with Crippen LogP contribution in [0.3, 0.4) is 0 Å². The number of H-pyrrole nitrogens is 2. The maximum absolute atomic E-state index is 13.7. The fraction of sp³-hybridized carbons (Fsp3) is 0.133. The van der Waals surface area contributed by atoms with Crippen molar-refractivity contribution in [2.24, 2.45) is 0 Å². The molecule has 39 heavy (non-hydrogen) atoms. The number of alkyl halides is 1. The Morgan fingerprint density at radius 3 is 2.79 bits per heavy atom. The summed E-state index contributed by atoms with van der Waals surface area (Å²) in [6.07, 6.45) is 1.85. The van der Waals surface area contributed by atoms with E-state index in [1.54, 1.807) is 35.2 Å². The van der Waals surface area contributed by atoms with Crippen LogP contribution in [0.4, 0.5) is 11.4 Å². The molecule has 0 spiro atoms. The Morgan fingerprint density at radius 1 is 1.13 bits per heavy atom. The van der Waals surface area contributed by atoms with E-state index in [9.17, 15) is 14.7 Å². The number of carbonyl (C=O) groups is 2. The van der Waals surface area contributed by atoms with Gasteiger partial charge in [-0.3, -0.25) is 9.59 Å². The number of aromatic nitrogens is 2. The monoisotopic (exact) mass is 538 g/mol. The number of amides is 2. The summed E-state index contributed by atoms with van der Waals surface area (Å²) in [7, 11) is 0. The standard InChI is InChI=1S/C30H23ClN4O4/c1-15-13-32-28-23(36)11-22-27(26(15)28)18(12-31)14-35(22)30(38)21-9-17-8-19(6-7-20(17)34-21)33-29(37)25-10-16-4-2-3-5-24(16)39-25/h2-11,13,18,32,34,36H,12,14H2,1H3,(H,33,37)/t18-/m1/s1. The van der Waals surface area contributed by atoms with Gasteiger partial charge in [0.1, 0.15) is 17.0 Å². The van der Waals surface area contributed by atoms with E-state index in [4.69, 9.17) is 16.0 Å². The van der Waals surface area contributed by atoms with E-state index in [2.05, 4.69) is 15.3 Å². The first kappa shape index (κ1) is 23.4. The number of halogens is 1. The average molecular weight is 539 g/mol. The van der Waals surface area contributed by atoms with Gasteiger partial charge in [0.2, 0.25) is 0 Å². The average Bonchev–Trinajstić information content (AvgIpc) is 3.71. The van der Waals surface area contributed by atoms with E-state index in [0.717, 1.165) is 32.8 Å². The van der Waals surface area contributed by atoms with Crippen LogP contribution in [0.5, 0.6) is 5.75 Å². The van der Waals surface area contributed by atoms with E-state index in [1.165, 1.54) is 0 Å². The number of phenols is 1. The molecule has 0 bridgehead atoms. The number of fused-ring (bicyclic) bond motifs is 5. The summed E-state index contributed by atoms with van der Waals surface area (Å²) < 4.78 is 5.67. The summed E-state index contributed by atoms with van der Waals surface area (Å²) in [5.74, 6) is 0.0171. The van der Waals surface area contributed by atoms with E-state index < -0.39 is 0 Å². The lowest BCUT2D eigenvalue weighted by molar-refractivity contribution is 0.0981. The van der Waals surface area contributed by atoms with E-state index in [0.29, 0.717) is 40.6 Å². The Kier molecular flexibility index (Phi) is 5.21. The lowest BCUT2D eigenvalue weighted by Gasteiger charge is -2.17. The maximum atomic E-state index is 13.7. The predicted molar refractivity (Wildman–Crippen MR) is 152 cm³/mol. The molecule has 3 aromatic heterocycles. The number of nitrogens with one attached hydrogen (secondary N) is 3. The number of phenolic OH excluding ortho intramolecular Hbond substituents is 1. The van der Waals surface area contributed by atoms with Gasteiger partial charge < -0.3 is 29.7 Å². The van der Waals surface area contributed by atoms with Crippen molar-refractivity contribution in [3.8, 4) is 5.75 Å². The number of carbonyl (C=O) groups excluding carboxylic acids is 2. The highest BCUT2D eigenvalue weighted by molar-refractivity contribution is 6.19. The number of aryl methyl sites for hydroxylation is 1. The Balaban J connectivity index is 1.19. The van der Waals surface area contributed by atoms with Crippen LogP contribution in [0.15, 0.2) is 71.3 Å². The number of hydrogen-bond donors (Lipinski definition) is 4. The third kappa shape index (κ3) is 3.67. The first-order valence-corrected chi connectivity index (χ1v) is 13.1. The molecule has 1 atom stereocenters. The Morgan fingerprint density at radius 2 is 1.97 bits per heavy atom. The summed E-state index contributed by atoms with van der Waals surface area (Å²) in [5.41, 5.74) is 5.66. The van der Waals surface area contributed by atoms with Gasteiger partial charge >= 0.3 is 0 Å². The van der Waals surface area contributed by atoms with Crippen molar-refractivity contribution >= 4 is 67.6 Å². The smallest absolute Gasteiger partial charge is 0.291 e. The van der Waals surface area contributed by atoms with Crippen LogP contribution >= 0.6 is 11.6 Å². The molecular formula is C30H23ClN4O4. The van der Waals surface area contributed by atoms with Gasteiger partial charge in [-0.05, 0) is 54.4 Å². The third-order valence-corrected chi connectivity index (χ3v) is 7.82. The van der Waals surface area contributed by atoms with Gasteiger partial charge in [0.05, 0.1) is 11.2 Å². The van der Waals surface area contributed by atoms with E-state index >= 15 is 0 Å². The van der Waals surface area contributed by atoms with Crippen LogP contribution in [-0.4, -0.2) is 39.3 Å². The molecular weight excluding hydrogens is 516 g/mol. The molecule has 8 nitrogen and oxygen atoms in total. The zero-order valence-electron chi connectivity index (χ0n) is 20.8. The molecule has 0 fully saturated rings. The van der Waals surface area contributed by atoms with Crippen molar-refractivity contribution in [2.75, 3.05) is 22.6 Å². The van der Waals surface area contributed by atoms with Crippen molar-refractivity contribution in [3.63, 3.8) is 0 Å². The molecule has 1 aliphatic rings. The molecule has 9 heteroatoms. The minimum absolute atomic E-state index is 0.0624. The van der Waals surface area contributed by atoms with Crippen molar-refractivity contribution in [3.05, 3.63) is 89.4 Å². The zero-order valence-corrected chi connectivity index (χ0v) is 21.6. The molecule has 4 heterocycles. The molecule has 0 unspecified atom stereocenters. The van der Waals surface area contributed by atoms with Crippen LogP contribution in [0.25, 0.3) is 32.8 Å². The number of furan rings is 1. The van der Waals surface area contributed by atoms with Gasteiger partial charge in [-0.2, -0.15) is 0 Å². The molecule has 6 aromatic rings. The second-order valence-corrected chi connectivity index (χ2v) is 10.2. The van der Waals surface area contributed by atoms with Crippen LogP contribution in [0.2, 0.25) is 0 Å². The topological polar surface area (TPSA) is 114 Å². The molecule has 0 saturated heterocycles. The second kappa shape index (κ2) is 8.68. The number of anilines is 2. The van der Waals surface area contributed by atoms with Crippen molar-refractivity contribution in [1.29, 1.82) is 0 Å². The fourth-order valence-electron chi connectivity index (χ4n) is 5.60. The van der Waals surface area contributed by atoms with E-state index in [-0.39, 0.29) is 29.2 Å². The number of nitrogens with zero attached hydrogens (tertiary/aromatic N) is 1. The first-order valence-electron chi connectivity index (χ1n) is 12.6. The largest absolute Gasteiger partial charge is 0.506 e. The Bertz CT molecular complexity index is 1920. The summed E-state index contributed by atoms with van der Waals surface area (Å²) in [5, 5.41) is 16.1. The summed E-state index contributed by atoms with van der Waals surface area (Å²) in [6.45, 7) is 2.38. The summed E-state index contributed by atoms with van der Waals surface area (Å²) in [6, 6.07) is 17.9. The molecule has 194 valence electrons. The predicted octanol–water partition coefficient (Wildman–Crippen LogP) is 6.64. The first-order chi connectivity index (χ1) is 18.9. The zero-order chi connectivity index (χ0) is 26.8. The normalized spacial score (nSPS) is 14.9. The molecule has 3 aromatic carbocycles. The molecule has 1 aliphatic heterocycles. The highest BCUT2D eigenvalue weighted by Gasteiger charge is 2.36. The molecule has 7 rings (SSSR count). The number of rotatable bonds is 4. The van der Waals surface area contributed by atoms with Crippen LogP contribution in [0, 0.1) is 6.92 Å². The fourth-order valence-corrected chi connectivity index (χ4v) is 5.85. The van der Waals surface area contributed by atoms with E-state index in [1.807, 2.05) is 43.5 Å². The van der Waals surface area contributed by atoms with Gasteiger partial charge in [0.15, 0.2) is 5.76 Å². The van der Waals surface area contributed by atoms with Crippen molar-refractivity contribution < 1.29 is 19.1 Å². The van der Waals surface area contributed by atoms with Gasteiger partial charge in [0, 0.05) is 58.0 Å². The number of benzene rings is 3. The number of para-hydroxylation sites is 1. The molecule has 0 saturated carbocycles. The van der Waals surface area contributed by atoms with Crippen LogP contribution < -0.4 is 10.2 Å². The van der Waals surface area contributed by atoms with Crippen molar-refractivity contribution in [1.82, 2.24) is 9.97 Å². The Labute approximate surface area is 227 Å². The lowest BCUT2D eigenvalue weighted by atomic mass is 9.97. The Hall–Kier alpha value is -4.69. The SMILES string of the molecule is Cc1c[nH]c2c(O)cc3c(c12)[C@H](CCl)CN3C(=O)c1cc2cc(NC(=O)c3cc4ccccc4o3)ccc2[nH]1. The highest BCUT2D eigenvalue weighted by Crippen LogP contribution is 2.46. The second-order valence-electron chi connectivity index (χ2n) is 9.90. The third-order valence-electron chi connectivity index (χ3n) is 7.44. The number of aromatic amines is 2. The van der Waals surface area contributed by atoms with Gasteiger partial charge in [-0.1, -0.05) is 18.2 Å². The lowest BCUT2D eigenvalue weighted by Crippen LogP contribution is -2.30. The number of aromatic hydroxyl groups is 1. The maximum Gasteiger partial charge on any atom is 0.291 e. The minimum Gasteiger partial charge on any atom is -0.506 e. The number of hydrogen-bond acceptors (Lipinski definition) is 4.